The van der Waals surface area contributed by atoms with Crippen LogP contribution in [-0.2, 0) is 9.47 Å². The van der Waals surface area contributed by atoms with E-state index in [1.54, 1.807) is 0 Å². The Morgan fingerprint density at radius 3 is 2.76 bits per heavy atom. The maximum Gasteiger partial charge on any atom is 0.0746 e. The van der Waals surface area contributed by atoms with Crippen molar-refractivity contribution in [2.24, 2.45) is 0 Å². The van der Waals surface area contributed by atoms with E-state index in [0.717, 1.165) is 45.4 Å². The predicted molar refractivity (Wildman–Crippen MR) is 69.3 cm³/mol. The van der Waals surface area contributed by atoms with Gasteiger partial charge in [0.15, 0.2) is 0 Å². The van der Waals surface area contributed by atoms with Crippen molar-refractivity contribution in [2.45, 2.75) is 70.1 Å². The summed E-state index contributed by atoms with van der Waals surface area (Å²) in [5, 5.41) is 3.65. The highest BCUT2D eigenvalue weighted by Crippen LogP contribution is 2.40. The van der Waals surface area contributed by atoms with Crippen molar-refractivity contribution in [3.8, 4) is 0 Å². The molecule has 0 aromatic heterocycles. The van der Waals surface area contributed by atoms with E-state index in [9.17, 15) is 0 Å². The van der Waals surface area contributed by atoms with E-state index in [0.29, 0.717) is 6.04 Å². The molecule has 100 valence electrons. The molecule has 3 heteroatoms. The van der Waals surface area contributed by atoms with Crippen LogP contribution in [0.4, 0.5) is 0 Å². The fourth-order valence-corrected chi connectivity index (χ4v) is 3.28. The average molecular weight is 241 g/mol. The second-order valence-electron chi connectivity index (χ2n) is 6.21. The molecular formula is C14H27NO2. The molecule has 2 fully saturated rings. The van der Waals surface area contributed by atoms with Crippen LogP contribution in [0.3, 0.4) is 0 Å². The highest BCUT2D eigenvalue weighted by molar-refractivity contribution is 4.96. The summed E-state index contributed by atoms with van der Waals surface area (Å²) in [4.78, 5) is 0. The SMILES string of the molecule is CCCNC1CCOC2(CCOC(C)(C)C2)C1. The second kappa shape index (κ2) is 5.25. The first-order valence-electron chi connectivity index (χ1n) is 7.07. The van der Waals surface area contributed by atoms with E-state index in [2.05, 4.69) is 26.1 Å². The van der Waals surface area contributed by atoms with E-state index < -0.39 is 0 Å². The number of hydrogen-bond acceptors (Lipinski definition) is 3. The van der Waals surface area contributed by atoms with E-state index in [1.807, 2.05) is 0 Å². The lowest BCUT2D eigenvalue weighted by Gasteiger charge is -2.48. The minimum Gasteiger partial charge on any atom is -0.375 e. The van der Waals surface area contributed by atoms with Crippen molar-refractivity contribution in [3.05, 3.63) is 0 Å². The van der Waals surface area contributed by atoms with Crippen LogP contribution >= 0.6 is 0 Å². The Kier molecular flexibility index (Phi) is 4.11. The lowest BCUT2D eigenvalue weighted by Crippen LogP contribution is -2.54. The quantitative estimate of drug-likeness (QED) is 0.823. The van der Waals surface area contributed by atoms with Gasteiger partial charge in [0.25, 0.3) is 0 Å². The summed E-state index contributed by atoms with van der Waals surface area (Å²) in [7, 11) is 0. The third-order valence-corrected chi connectivity index (χ3v) is 3.97. The normalized spacial score (nSPS) is 37.2. The summed E-state index contributed by atoms with van der Waals surface area (Å²) in [6.07, 6.45) is 5.60. The average Bonchev–Trinajstić information content (AvgIpc) is 2.25. The number of rotatable bonds is 3. The zero-order valence-corrected chi connectivity index (χ0v) is 11.6. The summed E-state index contributed by atoms with van der Waals surface area (Å²) < 4.78 is 11.9. The van der Waals surface area contributed by atoms with Gasteiger partial charge in [-0.15, -0.1) is 0 Å². The zero-order valence-electron chi connectivity index (χ0n) is 11.6. The summed E-state index contributed by atoms with van der Waals surface area (Å²) >= 11 is 0. The summed E-state index contributed by atoms with van der Waals surface area (Å²) in [6, 6.07) is 0.637. The molecule has 0 radical (unpaired) electrons. The number of nitrogens with one attached hydrogen (secondary N) is 1. The Labute approximate surface area is 105 Å². The van der Waals surface area contributed by atoms with Crippen LogP contribution in [0.15, 0.2) is 0 Å². The molecule has 0 aliphatic carbocycles. The molecule has 2 atom stereocenters. The first-order chi connectivity index (χ1) is 8.05. The third kappa shape index (κ3) is 3.43. The fraction of sp³-hybridized carbons (Fsp3) is 1.00. The van der Waals surface area contributed by atoms with Gasteiger partial charge in [0.2, 0.25) is 0 Å². The third-order valence-electron chi connectivity index (χ3n) is 3.97. The molecule has 2 saturated heterocycles. The van der Waals surface area contributed by atoms with Crippen LogP contribution in [0.5, 0.6) is 0 Å². The van der Waals surface area contributed by atoms with Crippen molar-refractivity contribution < 1.29 is 9.47 Å². The maximum absolute atomic E-state index is 6.13. The Morgan fingerprint density at radius 1 is 1.24 bits per heavy atom. The lowest BCUT2D eigenvalue weighted by atomic mass is 9.78. The van der Waals surface area contributed by atoms with Crippen LogP contribution in [0.2, 0.25) is 0 Å². The van der Waals surface area contributed by atoms with Crippen molar-refractivity contribution in [1.29, 1.82) is 0 Å². The molecule has 0 saturated carbocycles. The van der Waals surface area contributed by atoms with Crippen molar-refractivity contribution in [2.75, 3.05) is 19.8 Å². The van der Waals surface area contributed by atoms with Crippen LogP contribution in [0.25, 0.3) is 0 Å². The van der Waals surface area contributed by atoms with Gasteiger partial charge in [0.1, 0.15) is 0 Å². The van der Waals surface area contributed by atoms with Gasteiger partial charge in [-0.2, -0.15) is 0 Å². The van der Waals surface area contributed by atoms with Gasteiger partial charge in [0, 0.05) is 19.1 Å². The molecule has 17 heavy (non-hydrogen) atoms. The van der Waals surface area contributed by atoms with E-state index in [4.69, 9.17) is 9.47 Å². The van der Waals surface area contributed by atoms with Crippen molar-refractivity contribution in [1.82, 2.24) is 5.32 Å². The highest BCUT2D eigenvalue weighted by Gasteiger charge is 2.44. The van der Waals surface area contributed by atoms with Crippen LogP contribution in [0.1, 0.15) is 52.9 Å². The molecule has 0 bridgehead atoms. The van der Waals surface area contributed by atoms with Gasteiger partial charge in [-0.05, 0) is 46.1 Å². The number of ether oxygens (including phenoxy) is 2. The molecule has 2 unspecified atom stereocenters. The van der Waals surface area contributed by atoms with Crippen LogP contribution < -0.4 is 5.32 Å². The van der Waals surface area contributed by atoms with Crippen LogP contribution in [0, 0.1) is 0 Å². The fourth-order valence-electron chi connectivity index (χ4n) is 3.28. The zero-order chi connectivity index (χ0) is 12.4. The Bertz CT molecular complexity index is 251. The molecule has 1 N–H and O–H groups in total. The molecule has 0 aromatic carbocycles. The molecule has 2 aliphatic rings. The minimum absolute atomic E-state index is 0.0229. The van der Waals surface area contributed by atoms with Gasteiger partial charge in [-0.25, -0.2) is 0 Å². The molecule has 0 amide bonds. The highest BCUT2D eigenvalue weighted by atomic mass is 16.5. The lowest BCUT2D eigenvalue weighted by molar-refractivity contribution is -0.188. The molecule has 2 rings (SSSR count). The monoisotopic (exact) mass is 241 g/mol. The topological polar surface area (TPSA) is 30.5 Å². The summed E-state index contributed by atoms with van der Waals surface area (Å²) in [5.74, 6) is 0. The van der Waals surface area contributed by atoms with E-state index >= 15 is 0 Å². The maximum atomic E-state index is 6.13. The van der Waals surface area contributed by atoms with Gasteiger partial charge >= 0.3 is 0 Å². The Hall–Kier alpha value is -0.120. The second-order valence-corrected chi connectivity index (χ2v) is 6.21. The molecule has 1 spiro atoms. The van der Waals surface area contributed by atoms with Crippen molar-refractivity contribution in [3.63, 3.8) is 0 Å². The number of hydrogen-bond donors (Lipinski definition) is 1. The Morgan fingerprint density at radius 2 is 2.06 bits per heavy atom. The minimum atomic E-state index is -0.0229. The first-order valence-corrected chi connectivity index (χ1v) is 7.07. The molecule has 0 aromatic rings. The molecular weight excluding hydrogens is 214 g/mol. The summed E-state index contributed by atoms with van der Waals surface area (Å²) in [5.41, 5.74) is 0.0519. The standard InChI is InChI=1S/C14H27NO2/c1-4-7-15-12-5-8-17-14(10-12)6-9-16-13(2,3)11-14/h12,15H,4-11H2,1-3H3. The summed E-state index contributed by atoms with van der Waals surface area (Å²) in [6.45, 7) is 9.45. The molecule has 2 heterocycles. The van der Waals surface area contributed by atoms with E-state index in [1.165, 1.54) is 6.42 Å². The first kappa shape index (κ1) is 13.3. The van der Waals surface area contributed by atoms with E-state index in [-0.39, 0.29) is 11.2 Å². The van der Waals surface area contributed by atoms with Gasteiger partial charge in [-0.3, -0.25) is 0 Å². The molecule has 3 nitrogen and oxygen atoms in total. The van der Waals surface area contributed by atoms with Gasteiger partial charge in [0.05, 0.1) is 17.8 Å². The van der Waals surface area contributed by atoms with Gasteiger partial charge in [-0.1, -0.05) is 6.92 Å². The van der Waals surface area contributed by atoms with Gasteiger partial charge < -0.3 is 14.8 Å². The van der Waals surface area contributed by atoms with Crippen molar-refractivity contribution >= 4 is 0 Å². The smallest absolute Gasteiger partial charge is 0.0746 e. The largest absolute Gasteiger partial charge is 0.375 e. The molecule has 2 aliphatic heterocycles. The predicted octanol–water partition coefficient (Wildman–Crippen LogP) is 2.49. The Balaban J connectivity index is 1.94. The van der Waals surface area contributed by atoms with Crippen LogP contribution in [-0.4, -0.2) is 37.0 Å².